The average molecular weight is 308 g/mol. The number of aromatic carboxylic acids is 1. The van der Waals surface area contributed by atoms with E-state index in [1.807, 2.05) is 24.3 Å². The van der Waals surface area contributed by atoms with Crippen LogP contribution in [-0.4, -0.2) is 15.6 Å². The van der Waals surface area contributed by atoms with Gasteiger partial charge in [0.15, 0.2) is 0 Å². The van der Waals surface area contributed by atoms with Crippen molar-refractivity contribution in [2.45, 2.75) is 19.8 Å². The van der Waals surface area contributed by atoms with Gasteiger partial charge in [-0.1, -0.05) is 32.0 Å². The second-order valence-electron chi connectivity index (χ2n) is 4.43. The third kappa shape index (κ3) is 2.34. The number of hydrogen-bond donors (Lipinski definition) is 1. The summed E-state index contributed by atoms with van der Waals surface area (Å²) >= 11 is 3.33. The molecule has 0 aliphatic heterocycles. The predicted octanol–water partition coefficient (Wildman–Crippen LogP) is 4.06. The molecule has 1 heterocycles. The van der Waals surface area contributed by atoms with E-state index in [4.69, 9.17) is 0 Å². The van der Waals surface area contributed by atoms with Crippen molar-refractivity contribution in [2.24, 2.45) is 0 Å². The van der Waals surface area contributed by atoms with Crippen LogP contribution in [0.1, 0.15) is 35.8 Å². The highest BCUT2D eigenvalue weighted by molar-refractivity contribution is 9.10. The second-order valence-corrected chi connectivity index (χ2v) is 5.35. The fourth-order valence-electron chi connectivity index (χ4n) is 1.99. The highest BCUT2D eigenvalue weighted by Crippen LogP contribution is 2.26. The van der Waals surface area contributed by atoms with Crippen LogP contribution in [-0.2, 0) is 0 Å². The number of rotatable bonds is 3. The van der Waals surface area contributed by atoms with E-state index in [1.54, 1.807) is 16.8 Å². The molecule has 94 valence electrons. The molecule has 0 aliphatic rings. The molecule has 1 aromatic carbocycles. The van der Waals surface area contributed by atoms with Gasteiger partial charge in [-0.3, -0.25) is 0 Å². The number of benzene rings is 1. The molecular weight excluding hydrogens is 294 g/mol. The number of carboxylic acid groups (broad SMARTS) is 1. The SMILES string of the molecule is CC(C)c1ccccc1-n1cc(Br)cc1C(=O)O. The van der Waals surface area contributed by atoms with Crippen molar-refractivity contribution >= 4 is 21.9 Å². The van der Waals surface area contributed by atoms with E-state index in [0.29, 0.717) is 5.92 Å². The highest BCUT2D eigenvalue weighted by atomic mass is 79.9. The lowest BCUT2D eigenvalue weighted by atomic mass is 10.0. The number of para-hydroxylation sites is 1. The zero-order valence-corrected chi connectivity index (χ0v) is 11.8. The molecular formula is C14H14BrNO2. The first-order chi connectivity index (χ1) is 8.50. The Morgan fingerprint density at radius 1 is 1.33 bits per heavy atom. The van der Waals surface area contributed by atoms with E-state index >= 15 is 0 Å². The maximum Gasteiger partial charge on any atom is 0.352 e. The Bertz CT molecular complexity index is 587. The average Bonchev–Trinajstić information content (AvgIpc) is 2.71. The summed E-state index contributed by atoms with van der Waals surface area (Å²) in [7, 11) is 0. The Morgan fingerprint density at radius 3 is 2.61 bits per heavy atom. The number of carboxylic acids is 1. The first kappa shape index (κ1) is 12.9. The lowest BCUT2D eigenvalue weighted by molar-refractivity contribution is 0.0688. The van der Waals surface area contributed by atoms with Crippen molar-refractivity contribution in [2.75, 3.05) is 0 Å². The molecule has 0 aliphatic carbocycles. The van der Waals surface area contributed by atoms with E-state index in [2.05, 4.69) is 29.8 Å². The van der Waals surface area contributed by atoms with E-state index in [-0.39, 0.29) is 5.69 Å². The number of aromatic nitrogens is 1. The Morgan fingerprint density at radius 2 is 2.00 bits per heavy atom. The molecule has 0 fully saturated rings. The van der Waals surface area contributed by atoms with E-state index in [0.717, 1.165) is 15.7 Å². The quantitative estimate of drug-likeness (QED) is 0.929. The number of carbonyl (C=O) groups is 1. The van der Waals surface area contributed by atoms with Crippen LogP contribution in [0.25, 0.3) is 5.69 Å². The molecule has 0 bridgehead atoms. The van der Waals surface area contributed by atoms with Gasteiger partial charge in [-0.2, -0.15) is 0 Å². The standard InChI is InChI=1S/C14H14BrNO2/c1-9(2)11-5-3-4-6-12(11)16-8-10(15)7-13(16)14(17)18/h3-9H,1-2H3,(H,17,18). The molecule has 0 saturated heterocycles. The zero-order chi connectivity index (χ0) is 13.3. The van der Waals surface area contributed by atoms with Crippen molar-refractivity contribution < 1.29 is 9.90 Å². The molecule has 1 aromatic heterocycles. The Kier molecular flexibility index (Phi) is 3.57. The van der Waals surface area contributed by atoms with Crippen LogP contribution < -0.4 is 0 Å². The normalized spacial score (nSPS) is 10.9. The molecule has 0 atom stereocenters. The minimum atomic E-state index is -0.931. The van der Waals surface area contributed by atoms with Crippen LogP contribution in [0.2, 0.25) is 0 Å². The van der Waals surface area contributed by atoms with Crippen LogP contribution in [0.3, 0.4) is 0 Å². The highest BCUT2D eigenvalue weighted by Gasteiger charge is 2.16. The Labute approximate surface area is 114 Å². The largest absolute Gasteiger partial charge is 0.477 e. The molecule has 0 radical (unpaired) electrons. The monoisotopic (exact) mass is 307 g/mol. The minimum Gasteiger partial charge on any atom is -0.477 e. The zero-order valence-electron chi connectivity index (χ0n) is 10.2. The first-order valence-corrected chi connectivity index (χ1v) is 6.50. The van der Waals surface area contributed by atoms with E-state index < -0.39 is 5.97 Å². The fraction of sp³-hybridized carbons (Fsp3) is 0.214. The van der Waals surface area contributed by atoms with Crippen molar-refractivity contribution in [3.8, 4) is 5.69 Å². The van der Waals surface area contributed by atoms with Gasteiger partial charge in [0.25, 0.3) is 0 Å². The van der Waals surface area contributed by atoms with Crippen molar-refractivity contribution in [1.29, 1.82) is 0 Å². The van der Waals surface area contributed by atoms with Crippen molar-refractivity contribution in [3.05, 3.63) is 52.3 Å². The van der Waals surface area contributed by atoms with Crippen LogP contribution in [0, 0.1) is 0 Å². The molecule has 18 heavy (non-hydrogen) atoms. The maximum absolute atomic E-state index is 11.2. The summed E-state index contributed by atoms with van der Waals surface area (Å²) in [6.45, 7) is 4.19. The van der Waals surface area contributed by atoms with Gasteiger partial charge in [0.1, 0.15) is 5.69 Å². The molecule has 0 unspecified atom stereocenters. The summed E-state index contributed by atoms with van der Waals surface area (Å²) in [6, 6.07) is 9.46. The summed E-state index contributed by atoms with van der Waals surface area (Å²) in [5.74, 6) is -0.594. The summed E-state index contributed by atoms with van der Waals surface area (Å²) in [6.07, 6.45) is 1.78. The fourth-order valence-corrected chi connectivity index (χ4v) is 2.41. The van der Waals surface area contributed by atoms with Gasteiger partial charge in [0, 0.05) is 16.4 Å². The smallest absolute Gasteiger partial charge is 0.352 e. The molecule has 2 rings (SSSR count). The maximum atomic E-state index is 11.2. The third-order valence-electron chi connectivity index (χ3n) is 2.82. The summed E-state index contributed by atoms with van der Waals surface area (Å²) in [5.41, 5.74) is 2.30. The Hall–Kier alpha value is -1.55. The van der Waals surface area contributed by atoms with Crippen molar-refractivity contribution in [3.63, 3.8) is 0 Å². The van der Waals surface area contributed by atoms with E-state index in [1.165, 1.54) is 0 Å². The van der Waals surface area contributed by atoms with Gasteiger partial charge in [-0.15, -0.1) is 0 Å². The van der Waals surface area contributed by atoms with Crippen LogP contribution in [0.15, 0.2) is 41.0 Å². The van der Waals surface area contributed by atoms with Crippen LogP contribution >= 0.6 is 15.9 Å². The summed E-state index contributed by atoms with van der Waals surface area (Å²) in [4.78, 5) is 11.2. The third-order valence-corrected chi connectivity index (χ3v) is 3.26. The van der Waals surface area contributed by atoms with E-state index in [9.17, 15) is 9.90 Å². The van der Waals surface area contributed by atoms with Crippen LogP contribution in [0.5, 0.6) is 0 Å². The molecule has 1 N–H and O–H groups in total. The lowest BCUT2D eigenvalue weighted by Gasteiger charge is -2.14. The first-order valence-electron chi connectivity index (χ1n) is 5.71. The summed E-state index contributed by atoms with van der Waals surface area (Å²) in [5, 5.41) is 9.23. The van der Waals surface area contributed by atoms with Crippen molar-refractivity contribution in [1.82, 2.24) is 4.57 Å². The van der Waals surface area contributed by atoms with Crippen LogP contribution in [0.4, 0.5) is 0 Å². The lowest BCUT2D eigenvalue weighted by Crippen LogP contribution is -2.08. The van der Waals surface area contributed by atoms with Gasteiger partial charge >= 0.3 is 5.97 Å². The second kappa shape index (κ2) is 4.98. The predicted molar refractivity (Wildman–Crippen MR) is 74.5 cm³/mol. The molecule has 0 saturated carbocycles. The Balaban J connectivity index is 2.65. The molecule has 0 amide bonds. The topological polar surface area (TPSA) is 42.2 Å². The minimum absolute atomic E-state index is 0.259. The van der Waals surface area contributed by atoms with Gasteiger partial charge in [0.05, 0.1) is 0 Å². The number of nitrogens with zero attached hydrogens (tertiary/aromatic N) is 1. The van der Waals surface area contributed by atoms with Gasteiger partial charge in [-0.25, -0.2) is 4.79 Å². The van der Waals surface area contributed by atoms with Gasteiger partial charge < -0.3 is 9.67 Å². The van der Waals surface area contributed by atoms with Gasteiger partial charge in [0.2, 0.25) is 0 Å². The molecule has 4 heteroatoms. The molecule has 2 aromatic rings. The number of hydrogen-bond acceptors (Lipinski definition) is 1. The summed E-state index contributed by atoms with van der Waals surface area (Å²) < 4.78 is 2.47. The number of halogens is 1. The molecule has 0 spiro atoms. The molecule has 3 nitrogen and oxygen atoms in total. The van der Waals surface area contributed by atoms with Gasteiger partial charge in [-0.05, 0) is 39.5 Å².